The lowest BCUT2D eigenvalue weighted by Gasteiger charge is -2.08. The number of rotatable bonds is 7. The van der Waals surface area contributed by atoms with Gasteiger partial charge in [0.2, 0.25) is 5.89 Å². The van der Waals surface area contributed by atoms with Crippen molar-refractivity contribution < 1.29 is 28.2 Å². The molecule has 3 rings (SSSR count). The van der Waals surface area contributed by atoms with Crippen LogP contribution in [0.1, 0.15) is 11.5 Å². The number of benzene rings is 2. The minimum absolute atomic E-state index is 0.0838. The molecule has 0 atom stereocenters. The van der Waals surface area contributed by atoms with Gasteiger partial charge in [0.15, 0.2) is 23.9 Å². The molecule has 134 valence electrons. The summed E-state index contributed by atoms with van der Waals surface area (Å²) in [5.74, 6) is -0.743. The molecule has 0 aliphatic rings. The number of hydrogen-bond acceptors (Lipinski definition) is 5. The molecule has 1 aromatic heterocycles. The summed E-state index contributed by atoms with van der Waals surface area (Å²) in [5.41, 5.74) is 1.54. The molecule has 0 fully saturated rings. The van der Waals surface area contributed by atoms with Gasteiger partial charge in [-0.05, 0) is 31.2 Å². The molecule has 7 heteroatoms. The van der Waals surface area contributed by atoms with Crippen LogP contribution in [0.4, 0.5) is 4.39 Å². The molecule has 0 spiro atoms. The molecule has 2 aromatic carbocycles. The van der Waals surface area contributed by atoms with E-state index in [1.807, 2.05) is 30.3 Å². The molecule has 0 aliphatic carbocycles. The van der Waals surface area contributed by atoms with Gasteiger partial charge in [-0.25, -0.2) is 14.2 Å². The van der Waals surface area contributed by atoms with Gasteiger partial charge >= 0.3 is 5.97 Å². The molecule has 0 bridgehead atoms. The van der Waals surface area contributed by atoms with Crippen LogP contribution in [0.25, 0.3) is 11.5 Å². The first-order valence-corrected chi connectivity index (χ1v) is 7.81. The number of aromatic nitrogens is 1. The first-order valence-electron chi connectivity index (χ1n) is 7.81. The van der Waals surface area contributed by atoms with Gasteiger partial charge in [0.25, 0.3) is 0 Å². The zero-order valence-electron chi connectivity index (χ0n) is 13.9. The summed E-state index contributed by atoms with van der Waals surface area (Å²) >= 11 is 0. The van der Waals surface area contributed by atoms with Gasteiger partial charge in [-0.15, -0.1) is 0 Å². The number of carbonyl (C=O) groups is 1. The van der Waals surface area contributed by atoms with Crippen LogP contribution in [0, 0.1) is 12.7 Å². The van der Waals surface area contributed by atoms with Crippen molar-refractivity contribution in [3.05, 3.63) is 65.8 Å². The number of halogens is 1. The van der Waals surface area contributed by atoms with E-state index in [0.29, 0.717) is 17.3 Å². The standard InChI is InChI=1S/C19H16FNO5/c1-12-17(26-19(21-12)13-5-3-2-4-6-13)10-24-14-7-8-16(15(20)9-14)25-11-18(22)23/h2-9H,10-11H2,1H3,(H,22,23). The maximum atomic E-state index is 13.9. The van der Waals surface area contributed by atoms with Gasteiger partial charge in [0, 0.05) is 11.6 Å². The minimum Gasteiger partial charge on any atom is -0.485 e. The first kappa shape index (κ1) is 17.5. The summed E-state index contributed by atoms with van der Waals surface area (Å²) in [5, 5.41) is 8.55. The third-order valence-corrected chi connectivity index (χ3v) is 3.54. The molecule has 26 heavy (non-hydrogen) atoms. The highest BCUT2D eigenvalue weighted by molar-refractivity contribution is 5.68. The fourth-order valence-electron chi connectivity index (χ4n) is 2.24. The van der Waals surface area contributed by atoms with Crippen molar-refractivity contribution in [2.24, 2.45) is 0 Å². The van der Waals surface area contributed by atoms with Crippen LogP contribution in [-0.2, 0) is 11.4 Å². The Labute approximate surface area is 148 Å². The summed E-state index contributed by atoms with van der Waals surface area (Å²) in [4.78, 5) is 14.8. The van der Waals surface area contributed by atoms with E-state index in [2.05, 4.69) is 4.98 Å². The number of aliphatic carboxylic acids is 1. The van der Waals surface area contributed by atoms with Gasteiger partial charge < -0.3 is 19.0 Å². The van der Waals surface area contributed by atoms with E-state index in [1.54, 1.807) is 6.92 Å². The quantitative estimate of drug-likeness (QED) is 0.692. The van der Waals surface area contributed by atoms with E-state index in [9.17, 15) is 9.18 Å². The van der Waals surface area contributed by atoms with Crippen LogP contribution in [0.2, 0.25) is 0 Å². The fourth-order valence-corrected chi connectivity index (χ4v) is 2.24. The highest BCUT2D eigenvalue weighted by Crippen LogP contribution is 2.25. The molecule has 6 nitrogen and oxygen atoms in total. The Morgan fingerprint density at radius 1 is 1.19 bits per heavy atom. The zero-order chi connectivity index (χ0) is 18.5. The third kappa shape index (κ3) is 4.18. The Kier molecular flexibility index (Phi) is 5.17. The van der Waals surface area contributed by atoms with Gasteiger partial charge in [-0.2, -0.15) is 0 Å². The molecule has 0 saturated carbocycles. The Hall–Kier alpha value is -3.35. The Balaban J connectivity index is 1.67. The third-order valence-electron chi connectivity index (χ3n) is 3.54. The van der Waals surface area contributed by atoms with Gasteiger partial charge in [-0.3, -0.25) is 0 Å². The molecule has 1 heterocycles. The monoisotopic (exact) mass is 357 g/mol. The topological polar surface area (TPSA) is 81.8 Å². The van der Waals surface area contributed by atoms with Crippen molar-refractivity contribution >= 4 is 5.97 Å². The summed E-state index contributed by atoms with van der Waals surface area (Å²) in [6.07, 6.45) is 0. The number of hydrogen-bond donors (Lipinski definition) is 1. The molecular weight excluding hydrogens is 341 g/mol. The van der Waals surface area contributed by atoms with E-state index in [-0.39, 0.29) is 18.1 Å². The van der Waals surface area contributed by atoms with Crippen molar-refractivity contribution in [3.63, 3.8) is 0 Å². The lowest BCUT2D eigenvalue weighted by Crippen LogP contribution is -2.10. The second-order valence-corrected chi connectivity index (χ2v) is 5.46. The zero-order valence-corrected chi connectivity index (χ0v) is 13.9. The lowest BCUT2D eigenvalue weighted by atomic mass is 10.2. The smallest absolute Gasteiger partial charge is 0.341 e. The average molecular weight is 357 g/mol. The molecule has 0 radical (unpaired) electrons. The molecule has 0 aliphatic heterocycles. The number of nitrogens with zero attached hydrogens (tertiary/aromatic N) is 1. The van der Waals surface area contributed by atoms with Crippen LogP contribution in [0.15, 0.2) is 52.9 Å². The second kappa shape index (κ2) is 7.69. The van der Waals surface area contributed by atoms with E-state index in [0.717, 1.165) is 11.6 Å². The highest BCUT2D eigenvalue weighted by atomic mass is 19.1. The highest BCUT2D eigenvalue weighted by Gasteiger charge is 2.13. The second-order valence-electron chi connectivity index (χ2n) is 5.46. The van der Waals surface area contributed by atoms with Crippen LogP contribution >= 0.6 is 0 Å². The predicted molar refractivity (Wildman–Crippen MR) is 90.5 cm³/mol. The maximum Gasteiger partial charge on any atom is 0.341 e. The summed E-state index contributed by atoms with van der Waals surface area (Å²) in [7, 11) is 0. The average Bonchev–Trinajstić information content (AvgIpc) is 3.00. The normalized spacial score (nSPS) is 10.5. The number of oxazole rings is 1. The summed E-state index contributed by atoms with van der Waals surface area (Å²) in [6.45, 7) is 1.27. The Morgan fingerprint density at radius 3 is 2.65 bits per heavy atom. The molecule has 3 aromatic rings. The van der Waals surface area contributed by atoms with Crippen molar-refractivity contribution in [2.75, 3.05) is 6.61 Å². The molecule has 1 N–H and O–H groups in total. The number of carboxylic acid groups (broad SMARTS) is 1. The van der Waals surface area contributed by atoms with E-state index in [1.165, 1.54) is 12.1 Å². The van der Waals surface area contributed by atoms with Gasteiger partial charge in [0.1, 0.15) is 12.4 Å². The van der Waals surface area contributed by atoms with Crippen molar-refractivity contribution in [1.29, 1.82) is 0 Å². The number of aryl methyl sites for hydroxylation is 1. The Morgan fingerprint density at radius 2 is 1.96 bits per heavy atom. The first-order chi connectivity index (χ1) is 12.5. The lowest BCUT2D eigenvalue weighted by molar-refractivity contribution is -0.139. The van der Waals surface area contributed by atoms with Crippen LogP contribution in [0.5, 0.6) is 11.5 Å². The van der Waals surface area contributed by atoms with Crippen LogP contribution in [0.3, 0.4) is 0 Å². The van der Waals surface area contributed by atoms with E-state index < -0.39 is 18.4 Å². The molecular formula is C19H16FNO5. The largest absolute Gasteiger partial charge is 0.485 e. The minimum atomic E-state index is -1.18. The van der Waals surface area contributed by atoms with Crippen molar-refractivity contribution in [3.8, 4) is 23.0 Å². The molecule has 0 unspecified atom stereocenters. The van der Waals surface area contributed by atoms with Crippen molar-refractivity contribution in [2.45, 2.75) is 13.5 Å². The van der Waals surface area contributed by atoms with Crippen molar-refractivity contribution in [1.82, 2.24) is 4.98 Å². The molecule has 0 amide bonds. The Bertz CT molecular complexity index is 908. The molecule has 0 saturated heterocycles. The summed E-state index contributed by atoms with van der Waals surface area (Å²) in [6, 6.07) is 13.4. The van der Waals surface area contributed by atoms with Gasteiger partial charge in [-0.1, -0.05) is 18.2 Å². The SMILES string of the molecule is Cc1nc(-c2ccccc2)oc1COc1ccc(OCC(=O)O)c(F)c1. The van der Waals surface area contributed by atoms with Crippen LogP contribution in [-0.4, -0.2) is 22.7 Å². The van der Waals surface area contributed by atoms with Gasteiger partial charge in [0.05, 0.1) is 5.69 Å². The maximum absolute atomic E-state index is 13.9. The fraction of sp³-hybridized carbons (Fsp3) is 0.158. The summed E-state index contributed by atoms with van der Waals surface area (Å²) < 4.78 is 30.0. The van der Waals surface area contributed by atoms with E-state index >= 15 is 0 Å². The number of ether oxygens (including phenoxy) is 2. The number of carboxylic acids is 1. The van der Waals surface area contributed by atoms with Crippen LogP contribution < -0.4 is 9.47 Å². The van der Waals surface area contributed by atoms with E-state index in [4.69, 9.17) is 19.0 Å². The predicted octanol–water partition coefficient (Wildman–Crippen LogP) is 3.83.